The summed E-state index contributed by atoms with van der Waals surface area (Å²) >= 11 is 0. The lowest BCUT2D eigenvalue weighted by molar-refractivity contribution is 0.210. The van der Waals surface area contributed by atoms with Crippen LogP contribution in [0.1, 0.15) is 66.2 Å². The van der Waals surface area contributed by atoms with Gasteiger partial charge in [0.25, 0.3) is 0 Å². The van der Waals surface area contributed by atoms with Crippen LogP contribution in [0.3, 0.4) is 0 Å². The highest BCUT2D eigenvalue weighted by atomic mass is 19.1. The first-order chi connectivity index (χ1) is 6.55. The van der Waals surface area contributed by atoms with Crippen molar-refractivity contribution in [3.63, 3.8) is 0 Å². The lowest BCUT2D eigenvalue weighted by Gasteiger charge is -2.28. The quantitative estimate of drug-likeness (QED) is 0.521. The van der Waals surface area contributed by atoms with Crippen molar-refractivity contribution < 1.29 is 4.39 Å². The molecule has 0 rings (SSSR count). The van der Waals surface area contributed by atoms with E-state index in [0.717, 1.165) is 12.3 Å². The van der Waals surface area contributed by atoms with Gasteiger partial charge in [0.15, 0.2) is 0 Å². The monoisotopic (exact) mass is 202 g/mol. The van der Waals surface area contributed by atoms with Crippen LogP contribution in [0.5, 0.6) is 0 Å². The Hall–Kier alpha value is -0.0700. The van der Waals surface area contributed by atoms with Crippen LogP contribution in [0.2, 0.25) is 0 Å². The molecule has 0 radical (unpaired) electrons. The first kappa shape index (κ1) is 13.9. The molecule has 0 aromatic carbocycles. The highest BCUT2D eigenvalue weighted by molar-refractivity contribution is 4.73. The summed E-state index contributed by atoms with van der Waals surface area (Å²) in [6.45, 7) is 8.71. The van der Waals surface area contributed by atoms with Gasteiger partial charge in [-0.1, -0.05) is 53.4 Å². The average Bonchev–Trinajstić information content (AvgIpc) is 2.03. The van der Waals surface area contributed by atoms with Gasteiger partial charge < -0.3 is 0 Å². The molecule has 0 saturated heterocycles. The summed E-state index contributed by atoms with van der Waals surface area (Å²) in [5.74, 6) is 0.812. The average molecular weight is 202 g/mol. The Balaban J connectivity index is 3.98. The first-order valence-corrected chi connectivity index (χ1v) is 6.11. The molecule has 0 spiro atoms. The van der Waals surface area contributed by atoms with Crippen molar-refractivity contribution in [1.82, 2.24) is 0 Å². The van der Waals surface area contributed by atoms with E-state index in [2.05, 4.69) is 27.7 Å². The van der Waals surface area contributed by atoms with E-state index >= 15 is 0 Å². The zero-order valence-electron chi connectivity index (χ0n) is 10.4. The second kappa shape index (κ2) is 7.25. The van der Waals surface area contributed by atoms with Crippen molar-refractivity contribution >= 4 is 0 Å². The molecule has 0 aromatic rings. The highest BCUT2D eigenvalue weighted by Gasteiger charge is 2.22. The largest absolute Gasteiger partial charge is 0.251 e. The summed E-state index contributed by atoms with van der Waals surface area (Å²) in [5, 5.41) is 0. The van der Waals surface area contributed by atoms with Gasteiger partial charge in [-0.2, -0.15) is 0 Å². The third kappa shape index (κ3) is 6.39. The molecule has 0 bridgehead atoms. The molecule has 0 aromatic heterocycles. The van der Waals surface area contributed by atoms with Gasteiger partial charge in [0.2, 0.25) is 0 Å². The Morgan fingerprint density at radius 3 is 1.93 bits per heavy atom. The molecule has 0 unspecified atom stereocenters. The summed E-state index contributed by atoms with van der Waals surface area (Å²) < 4.78 is 12.3. The third-order valence-electron chi connectivity index (χ3n) is 3.01. The molecule has 0 aliphatic rings. The molecule has 14 heavy (non-hydrogen) atoms. The summed E-state index contributed by atoms with van der Waals surface area (Å²) in [6.07, 6.45) is 7.05. The van der Waals surface area contributed by atoms with Crippen molar-refractivity contribution in [2.45, 2.75) is 66.2 Å². The number of halogens is 1. The van der Waals surface area contributed by atoms with E-state index in [9.17, 15) is 4.39 Å². The van der Waals surface area contributed by atoms with Crippen LogP contribution >= 0.6 is 0 Å². The van der Waals surface area contributed by atoms with Gasteiger partial charge in [-0.15, -0.1) is 0 Å². The molecule has 0 saturated carbocycles. The Labute approximate surface area is 89.3 Å². The lowest BCUT2D eigenvalue weighted by atomic mass is 9.77. The van der Waals surface area contributed by atoms with Crippen molar-refractivity contribution in [3.8, 4) is 0 Å². The summed E-state index contributed by atoms with van der Waals surface area (Å²) in [6, 6.07) is 0. The van der Waals surface area contributed by atoms with Crippen molar-refractivity contribution in [2.24, 2.45) is 11.3 Å². The minimum atomic E-state index is -0.169. The SMILES string of the molecule is CCCC(CCC)CC(C)(C)CCF. The standard InChI is InChI=1S/C13H27F/c1-5-7-12(8-6-2)11-13(3,4)9-10-14/h12H,5-11H2,1-4H3. The summed E-state index contributed by atoms with van der Waals surface area (Å²) in [5.41, 5.74) is 0.198. The third-order valence-corrected chi connectivity index (χ3v) is 3.01. The van der Waals surface area contributed by atoms with Gasteiger partial charge >= 0.3 is 0 Å². The van der Waals surface area contributed by atoms with Crippen molar-refractivity contribution in [2.75, 3.05) is 6.67 Å². The Kier molecular flexibility index (Phi) is 7.22. The van der Waals surface area contributed by atoms with Crippen LogP contribution in [0.4, 0.5) is 4.39 Å². The van der Waals surface area contributed by atoms with Crippen LogP contribution < -0.4 is 0 Å². The predicted molar refractivity (Wildman–Crippen MR) is 62.3 cm³/mol. The fraction of sp³-hybridized carbons (Fsp3) is 1.00. The van der Waals surface area contributed by atoms with Crippen molar-refractivity contribution in [1.29, 1.82) is 0 Å². The maximum absolute atomic E-state index is 12.3. The zero-order chi connectivity index (χ0) is 11.0. The Morgan fingerprint density at radius 1 is 1.07 bits per heavy atom. The van der Waals surface area contributed by atoms with Crippen LogP contribution in [0.15, 0.2) is 0 Å². The fourth-order valence-electron chi connectivity index (χ4n) is 2.30. The van der Waals surface area contributed by atoms with Gasteiger partial charge in [-0.3, -0.25) is 4.39 Å². The molecular formula is C13H27F. The van der Waals surface area contributed by atoms with Crippen LogP contribution in [-0.4, -0.2) is 6.67 Å². The second-order valence-corrected chi connectivity index (χ2v) is 5.25. The lowest BCUT2D eigenvalue weighted by Crippen LogP contribution is -2.18. The molecule has 0 nitrogen and oxygen atoms in total. The van der Waals surface area contributed by atoms with E-state index < -0.39 is 0 Å². The van der Waals surface area contributed by atoms with Gasteiger partial charge in [-0.25, -0.2) is 0 Å². The zero-order valence-corrected chi connectivity index (χ0v) is 10.4. The number of hydrogen-bond donors (Lipinski definition) is 0. The van der Waals surface area contributed by atoms with Crippen LogP contribution in [-0.2, 0) is 0 Å². The predicted octanol–water partition coefficient (Wildman–Crippen LogP) is 4.98. The molecule has 0 heterocycles. The number of rotatable bonds is 8. The van der Waals surface area contributed by atoms with E-state index in [1.807, 2.05) is 0 Å². The normalized spacial score (nSPS) is 12.4. The highest BCUT2D eigenvalue weighted by Crippen LogP contribution is 2.33. The molecule has 0 N–H and O–H groups in total. The van der Waals surface area contributed by atoms with E-state index in [0.29, 0.717) is 0 Å². The van der Waals surface area contributed by atoms with Crippen LogP contribution in [0.25, 0.3) is 0 Å². The summed E-state index contributed by atoms with van der Waals surface area (Å²) in [4.78, 5) is 0. The van der Waals surface area contributed by atoms with E-state index in [1.54, 1.807) is 0 Å². The molecule has 0 atom stereocenters. The van der Waals surface area contributed by atoms with Crippen LogP contribution in [0, 0.1) is 11.3 Å². The van der Waals surface area contributed by atoms with Crippen molar-refractivity contribution in [3.05, 3.63) is 0 Å². The van der Waals surface area contributed by atoms with Gasteiger partial charge in [0.05, 0.1) is 6.67 Å². The summed E-state index contributed by atoms with van der Waals surface area (Å²) in [7, 11) is 0. The Bertz CT molecular complexity index is 123. The van der Waals surface area contributed by atoms with Gasteiger partial charge in [0, 0.05) is 0 Å². The number of hydrogen-bond acceptors (Lipinski definition) is 0. The van der Waals surface area contributed by atoms with E-state index in [4.69, 9.17) is 0 Å². The molecule has 0 aliphatic heterocycles. The number of alkyl halides is 1. The molecular weight excluding hydrogens is 175 g/mol. The molecule has 86 valence electrons. The molecule has 0 aliphatic carbocycles. The topological polar surface area (TPSA) is 0 Å². The van der Waals surface area contributed by atoms with E-state index in [-0.39, 0.29) is 12.1 Å². The minimum absolute atomic E-state index is 0.169. The minimum Gasteiger partial charge on any atom is -0.251 e. The second-order valence-electron chi connectivity index (χ2n) is 5.25. The fourth-order valence-corrected chi connectivity index (χ4v) is 2.30. The smallest absolute Gasteiger partial charge is 0.0899 e. The van der Waals surface area contributed by atoms with Gasteiger partial charge in [-0.05, 0) is 24.2 Å². The molecule has 0 amide bonds. The maximum Gasteiger partial charge on any atom is 0.0899 e. The van der Waals surface area contributed by atoms with Gasteiger partial charge in [0.1, 0.15) is 0 Å². The van der Waals surface area contributed by atoms with E-state index in [1.165, 1.54) is 32.1 Å². The molecule has 0 fully saturated rings. The maximum atomic E-state index is 12.3. The molecule has 1 heteroatoms. The Morgan fingerprint density at radius 2 is 1.57 bits per heavy atom. The first-order valence-electron chi connectivity index (χ1n) is 6.11.